The first-order valence-corrected chi connectivity index (χ1v) is 8.75. The molecule has 2 amide bonds. The van der Waals surface area contributed by atoms with Crippen molar-refractivity contribution in [3.8, 4) is 5.75 Å². The summed E-state index contributed by atoms with van der Waals surface area (Å²) in [6, 6.07) is 10.4. The molecule has 7 nitrogen and oxygen atoms in total. The summed E-state index contributed by atoms with van der Waals surface area (Å²) < 4.78 is 10.3. The maximum atomic E-state index is 13.0. The van der Waals surface area contributed by atoms with Crippen molar-refractivity contribution in [2.45, 2.75) is 0 Å². The Kier molecular flexibility index (Phi) is 5.93. The summed E-state index contributed by atoms with van der Waals surface area (Å²) in [5, 5.41) is 2.70. The number of nitrogens with one attached hydrogen (secondary N) is 1. The molecule has 7 heteroatoms. The molecule has 1 fully saturated rings. The molecule has 0 aliphatic carbocycles. The number of carbonyl (C=O) groups excluding carboxylic acids is 2. The molecule has 1 saturated heterocycles. The quantitative estimate of drug-likeness (QED) is 0.814. The van der Waals surface area contributed by atoms with Gasteiger partial charge in [-0.05, 0) is 43.0 Å². The topological polar surface area (TPSA) is 75.0 Å². The molecular weight excluding hydrogens is 346 g/mol. The van der Waals surface area contributed by atoms with Crippen LogP contribution in [0, 0.1) is 0 Å². The van der Waals surface area contributed by atoms with Crippen molar-refractivity contribution in [2.75, 3.05) is 40.3 Å². The van der Waals surface area contributed by atoms with Crippen molar-refractivity contribution in [1.82, 2.24) is 15.1 Å². The van der Waals surface area contributed by atoms with Gasteiger partial charge in [-0.25, -0.2) is 0 Å². The first-order valence-electron chi connectivity index (χ1n) is 8.75. The minimum atomic E-state index is -0.456. The van der Waals surface area contributed by atoms with Gasteiger partial charge in [-0.15, -0.1) is 0 Å². The molecule has 1 aromatic heterocycles. The second-order valence-electron chi connectivity index (χ2n) is 6.36. The van der Waals surface area contributed by atoms with Crippen molar-refractivity contribution in [3.05, 3.63) is 59.7 Å². The third kappa shape index (κ3) is 4.77. The van der Waals surface area contributed by atoms with Crippen LogP contribution in [-0.4, -0.2) is 62.0 Å². The number of hydrogen-bond donors (Lipinski definition) is 1. The fourth-order valence-corrected chi connectivity index (χ4v) is 2.79. The summed E-state index contributed by atoms with van der Waals surface area (Å²) in [7, 11) is 3.62. The van der Waals surface area contributed by atoms with Crippen molar-refractivity contribution in [2.24, 2.45) is 0 Å². The number of methoxy groups -OCH3 is 1. The molecule has 0 saturated carbocycles. The summed E-state index contributed by atoms with van der Waals surface area (Å²) in [6.45, 7) is 2.83. The average molecular weight is 369 g/mol. The molecule has 0 spiro atoms. The van der Waals surface area contributed by atoms with Crippen LogP contribution in [0.3, 0.4) is 0 Å². The van der Waals surface area contributed by atoms with Crippen LogP contribution in [-0.2, 0) is 4.79 Å². The maximum Gasteiger partial charge on any atom is 0.291 e. The zero-order chi connectivity index (χ0) is 19.2. The molecule has 1 aromatic carbocycles. The number of furan rings is 1. The predicted molar refractivity (Wildman–Crippen MR) is 101 cm³/mol. The van der Waals surface area contributed by atoms with Gasteiger partial charge < -0.3 is 24.3 Å². The normalized spacial score (nSPS) is 15.5. The van der Waals surface area contributed by atoms with Crippen LogP contribution in [0.1, 0.15) is 16.1 Å². The zero-order valence-electron chi connectivity index (χ0n) is 15.5. The van der Waals surface area contributed by atoms with E-state index in [0.717, 1.165) is 24.4 Å². The molecule has 142 valence electrons. The lowest BCUT2D eigenvalue weighted by Crippen LogP contribution is -2.49. The summed E-state index contributed by atoms with van der Waals surface area (Å²) in [5.74, 6) is 0.210. The van der Waals surface area contributed by atoms with E-state index in [2.05, 4.69) is 10.2 Å². The van der Waals surface area contributed by atoms with Gasteiger partial charge in [0.25, 0.3) is 11.8 Å². The van der Waals surface area contributed by atoms with E-state index in [1.54, 1.807) is 42.4 Å². The molecular formula is C20H23N3O4. The van der Waals surface area contributed by atoms with Crippen LogP contribution in [0.5, 0.6) is 5.75 Å². The monoisotopic (exact) mass is 369 g/mol. The molecule has 0 radical (unpaired) electrons. The molecule has 0 bridgehead atoms. The maximum absolute atomic E-state index is 13.0. The van der Waals surface area contributed by atoms with Gasteiger partial charge in [-0.2, -0.15) is 0 Å². The van der Waals surface area contributed by atoms with Gasteiger partial charge in [0.1, 0.15) is 11.4 Å². The van der Waals surface area contributed by atoms with E-state index in [4.69, 9.17) is 9.15 Å². The van der Waals surface area contributed by atoms with E-state index in [1.165, 1.54) is 6.26 Å². The van der Waals surface area contributed by atoms with Gasteiger partial charge in [0.05, 0.1) is 13.4 Å². The number of nitrogens with zero attached hydrogens (tertiary/aromatic N) is 2. The van der Waals surface area contributed by atoms with Crippen LogP contribution in [0.15, 0.2) is 52.8 Å². The summed E-state index contributed by atoms with van der Waals surface area (Å²) in [4.78, 5) is 29.3. The second kappa shape index (κ2) is 8.55. The predicted octanol–water partition coefficient (Wildman–Crippen LogP) is 1.83. The van der Waals surface area contributed by atoms with Crippen molar-refractivity contribution in [1.29, 1.82) is 0 Å². The molecule has 27 heavy (non-hydrogen) atoms. The Morgan fingerprint density at radius 3 is 2.41 bits per heavy atom. The van der Waals surface area contributed by atoms with Gasteiger partial charge >= 0.3 is 0 Å². The Labute approximate surface area is 158 Å². The third-order valence-electron chi connectivity index (χ3n) is 4.44. The number of hydrogen-bond acceptors (Lipinski definition) is 5. The first kappa shape index (κ1) is 18.7. The largest absolute Gasteiger partial charge is 0.497 e. The molecule has 3 rings (SSSR count). The SMILES string of the molecule is COc1ccc(C=C(NC(=O)c2ccco2)C(=O)N2CCN(C)CC2)cc1. The minimum absolute atomic E-state index is 0.154. The number of likely N-dealkylation sites (N-methyl/N-ethyl adjacent to an activating group) is 1. The molecule has 1 N–H and O–H groups in total. The Morgan fingerprint density at radius 2 is 1.81 bits per heavy atom. The first-order chi connectivity index (χ1) is 13.1. The third-order valence-corrected chi connectivity index (χ3v) is 4.44. The molecule has 2 heterocycles. The highest BCUT2D eigenvalue weighted by Gasteiger charge is 2.24. The van der Waals surface area contributed by atoms with Crippen LogP contribution in [0.25, 0.3) is 6.08 Å². The molecule has 2 aromatic rings. The van der Waals surface area contributed by atoms with Crippen molar-refractivity contribution < 1.29 is 18.7 Å². The van der Waals surface area contributed by atoms with Gasteiger partial charge in [-0.3, -0.25) is 9.59 Å². The smallest absolute Gasteiger partial charge is 0.291 e. The van der Waals surface area contributed by atoms with E-state index in [1.807, 2.05) is 19.2 Å². The van der Waals surface area contributed by atoms with Crippen LogP contribution >= 0.6 is 0 Å². The summed E-state index contributed by atoms with van der Waals surface area (Å²) in [6.07, 6.45) is 3.09. The van der Waals surface area contributed by atoms with Gasteiger partial charge in [0, 0.05) is 26.2 Å². The number of benzene rings is 1. The summed E-state index contributed by atoms with van der Waals surface area (Å²) >= 11 is 0. The van der Waals surface area contributed by atoms with Gasteiger partial charge in [0.2, 0.25) is 0 Å². The number of rotatable bonds is 5. The van der Waals surface area contributed by atoms with E-state index < -0.39 is 5.91 Å². The number of ether oxygens (including phenoxy) is 1. The fourth-order valence-electron chi connectivity index (χ4n) is 2.79. The fraction of sp³-hybridized carbons (Fsp3) is 0.300. The lowest BCUT2D eigenvalue weighted by Gasteiger charge is -2.33. The Bertz CT molecular complexity index is 804. The van der Waals surface area contributed by atoms with Crippen molar-refractivity contribution >= 4 is 17.9 Å². The lowest BCUT2D eigenvalue weighted by molar-refractivity contribution is -0.128. The highest BCUT2D eigenvalue weighted by Crippen LogP contribution is 2.15. The Morgan fingerprint density at radius 1 is 1.11 bits per heavy atom. The Hall–Kier alpha value is -3.06. The van der Waals surface area contributed by atoms with Gasteiger partial charge in [0.15, 0.2) is 5.76 Å². The molecule has 0 atom stereocenters. The summed E-state index contributed by atoms with van der Waals surface area (Å²) in [5.41, 5.74) is 0.999. The number of amides is 2. The standard InChI is InChI=1S/C20H23N3O4/c1-22-9-11-23(12-10-22)20(25)17(21-19(24)18-4-3-13-27-18)14-15-5-7-16(26-2)8-6-15/h3-8,13-14H,9-12H2,1-2H3,(H,21,24). The molecule has 1 aliphatic rings. The lowest BCUT2D eigenvalue weighted by atomic mass is 10.1. The Balaban J connectivity index is 1.84. The number of carbonyl (C=O) groups is 2. The van der Waals surface area contributed by atoms with Crippen LogP contribution < -0.4 is 10.1 Å². The number of piperazine rings is 1. The highest BCUT2D eigenvalue weighted by molar-refractivity contribution is 6.04. The van der Waals surface area contributed by atoms with Crippen molar-refractivity contribution in [3.63, 3.8) is 0 Å². The van der Waals surface area contributed by atoms with E-state index >= 15 is 0 Å². The van der Waals surface area contributed by atoms with E-state index in [-0.39, 0.29) is 17.4 Å². The zero-order valence-corrected chi connectivity index (χ0v) is 15.5. The highest BCUT2D eigenvalue weighted by atomic mass is 16.5. The van der Waals surface area contributed by atoms with Crippen LogP contribution in [0.4, 0.5) is 0 Å². The molecule has 1 aliphatic heterocycles. The molecule has 0 unspecified atom stereocenters. The average Bonchev–Trinajstić information content (AvgIpc) is 3.23. The van der Waals surface area contributed by atoms with E-state index in [0.29, 0.717) is 13.1 Å². The van der Waals surface area contributed by atoms with Gasteiger partial charge in [-0.1, -0.05) is 12.1 Å². The van der Waals surface area contributed by atoms with Crippen LogP contribution in [0.2, 0.25) is 0 Å². The minimum Gasteiger partial charge on any atom is -0.497 e. The van der Waals surface area contributed by atoms with E-state index in [9.17, 15) is 9.59 Å². The second-order valence-corrected chi connectivity index (χ2v) is 6.36.